The minimum absolute atomic E-state index is 0.00167. The van der Waals surface area contributed by atoms with Crippen molar-refractivity contribution >= 4 is 5.91 Å². The first-order valence-electron chi connectivity index (χ1n) is 9.52. The molecule has 2 aromatic rings. The summed E-state index contributed by atoms with van der Waals surface area (Å²) in [5, 5.41) is 10.7. The van der Waals surface area contributed by atoms with Gasteiger partial charge in [0, 0.05) is 30.6 Å². The number of likely N-dealkylation sites (tertiary alicyclic amines) is 1. The molecule has 0 aliphatic carbocycles. The molecule has 2 fully saturated rings. The monoisotopic (exact) mass is 374 g/mol. The molecule has 2 aromatic heterocycles. The fourth-order valence-corrected chi connectivity index (χ4v) is 4.24. The molecule has 8 heteroatoms. The van der Waals surface area contributed by atoms with Gasteiger partial charge in [0.25, 0.3) is 0 Å². The maximum atomic E-state index is 12.2. The average molecular weight is 374 g/mol. The molecule has 4 heterocycles. The van der Waals surface area contributed by atoms with Gasteiger partial charge in [0.2, 0.25) is 5.91 Å². The number of hydrogen-bond acceptors (Lipinski definition) is 7. The summed E-state index contributed by atoms with van der Waals surface area (Å²) >= 11 is 0. The van der Waals surface area contributed by atoms with Crippen molar-refractivity contribution in [3.63, 3.8) is 0 Å². The van der Waals surface area contributed by atoms with E-state index in [1.54, 1.807) is 6.07 Å². The van der Waals surface area contributed by atoms with E-state index in [0.29, 0.717) is 24.8 Å². The van der Waals surface area contributed by atoms with Crippen molar-refractivity contribution in [3.05, 3.63) is 35.0 Å². The van der Waals surface area contributed by atoms with Crippen molar-refractivity contribution in [2.24, 2.45) is 11.8 Å². The van der Waals surface area contributed by atoms with Gasteiger partial charge in [0.1, 0.15) is 17.7 Å². The zero-order valence-corrected chi connectivity index (χ0v) is 15.8. The van der Waals surface area contributed by atoms with Crippen LogP contribution in [0.25, 0.3) is 0 Å². The van der Waals surface area contributed by atoms with Gasteiger partial charge in [0.05, 0.1) is 31.4 Å². The molecule has 0 unspecified atom stereocenters. The Morgan fingerprint density at radius 1 is 1.37 bits per heavy atom. The van der Waals surface area contributed by atoms with E-state index in [1.165, 1.54) is 11.8 Å². The molecule has 2 aliphatic rings. The van der Waals surface area contributed by atoms with Gasteiger partial charge >= 0.3 is 0 Å². The van der Waals surface area contributed by atoms with Crippen molar-refractivity contribution in [1.29, 1.82) is 0 Å². The number of rotatable bonds is 6. The first kappa shape index (κ1) is 18.2. The first-order valence-corrected chi connectivity index (χ1v) is 9.52. The van der Waals surface area contributed by atoms with Crippen molar-refractivity contribution in [3.8, 4) is 0 Å². The van der Waals surface area contributed by atoms with Crippen LogP contribution >= 0.6 is 0 Å². The van der Waals surface area contributed by atoms with Crippen molar-refractivity contribution < 1.29 is 18.6 Å². The fraction of sp³-hybridized carbons (Fsp3) is 0.632. The normalized spacial score (nSPS) is 25.5. The number of ether oxygens (including phenoxy) is 1. The summed E-state index contributed by atoms with van der Waals surface area (Å²) in [5.74, 6) is 1.83. The molecule has 3 atom stereocenters. The Bertz CT molecular complexity index is 753. The quantitative estimate of drug-likeness (QED) is 0.824. The summed E-state index contributed by atoms with van der Waals surface area (Å²) in [7, 11) is 0. The Hall–Kier alpha value is -2.19. The first-order chi connectivity index (χ1) is 13.1. The van der Waals surface area contributed by atoms with E-state index in [1.807, 2.05) is 13.8 Å². The van der Waals surface area contributed by atoms with Gasteiger partial charge < -0.3 is 19.1 Å². The number of nitrogens with zero attached hydrogens (tertiary/aromatic N) is 3. The molecule has 1 N–H and O–H groups in total. The molecular formula is C19H26N4O4. The van der Waals surface area contributed by atoms with Crippen molar-refractivity contribution in [2.75, 3.05) is 19.7 Å². The molecule has 2 saturated heterocycles. The molecule has 2 aliphatic heterocycles. The number of aromatic nitrogens is 2. The topological polar surface area (TPSA) is 93.6 Å². The molecule has 1 amide bonds. The van der Waals surface area contributed by atoms with Crippen LogP contribution in [-0.2, 0) is 22.6 Å². The van der Waals surface area contributed by atoms with Gasteiger partial charge in [-0.1, -0.05) is 10.3 Å². The Morgan fingerprint density at radius 3 is 3.00 bits per heavy atom. The zero-order chi connectivity index (χ0) is 18.8. The third kappa shape index (κ3) is 4.06. The number of carbonyl (C=O) groups is 1. The van der Waals surface area contributed by atoms with Crippen LogP contribution in [0, 0.1) is 25.7 Å². The maximum Gasteiger partial charge on any atom is 0.222 e. The predicted octanol–water partition coefficient (Wildman–Crippen LogP) is 1.82. The van der Waals surface area contributed by atoms with Crippen LogP contribution in [-0.4, -0.2) is 46.9 Å². The van der Waals surface area contributed by atoms with E-state index in [-0.39, 0.29) is 12.0 Å². The third-order valence-corrected chi connectivity index (χ3v) is 5.79. The minimum Gasteiger partial charge on any atom is -0.377 e. The Labute approximate surface area is 158 Å². The highest BCUT2D eigenvalue weighted by atomic mass is 16.5. The van der Waals surface area contributed by atoms with Crippen LogP contribution in [0.15, 0.2) is 21.4 Å². The van der Waals surface area contributed by atoms with E-state index in [2.05, 4.69) is 20.5 Å². The van der Waals surface area contributed by atoms with Gasteiger partial charge in [-0.05, 0) is 32.7 Å². The minimum atomic E-state index is 0.00167. The molecule has 27 heavy (non-hydrogen) atoms. The molecule has 0 spiro atoms. The molecule has 0 bridgehead atoms. The van der Waals surface area contributed by atoms with Gasteiger partial charge in [0.15, 0.2) is 0 Å². The van der Waals surface area contributed by atoms with E-state index in [9.17, 15) is 4.79 Å². The second-order valence-corrected chi connectivity index (χ2v) is 7.59. The Morgan fingerprint density at radius 2 is 2.26 bits per heavy atom. The number of aryl methyl sites for hydroxylation is 2. The lowest BCUT2D eigenvalue weighted by Gasteiger charge is -2.35. The van der Waals surface area contributed by atoms with Crippen LogP contribution in [0.4, 0.5) is 0 Å². The van der Waals surface area contributed by atoms with Crippen LogP contribution in [0.3, 0.4) is 0 Å². The summed E-state index contributed by atoms with van der Waals surface area (Å²) in [6, 6.07) is 1.75. The molecule has 0 saturated carbocycles. The second-order valence-electron chi connectivity index (χ2n) is 7.59. The number of amides is 1. The Balaban J connectivity index is 1.27. The molecule has 8 nitrogen and oxygen atoms in total. The summed E-state index contributed by atoms with van der Waals surface area (Å²) in [5.41, 5.74) is 2.89. The molecule has 0 radical (unpaired) electrons. The van der Waals surface area contributed by atoms with Crippen LogP contribution < -0.4 is 5.32 Å². The summed E-state index contributed by atoms with van der Waals surface area (Å²) in [4.78, 5) is 14.7. The SMILES string of the molecule is Cc1noc(C)c1CN1CC[C@@H]2[C@@H](CO[C@H]2CC(=O)NCc2ccon2)C1. The highest BCUT2D eigenvalue weighted by molar-refractivity contribution is 5.76. The number of carbonyl (C=O) groups excluding carboxylic acids is 1. The van der Waals surface area contributed by atoms with E-state index in [4.69, 9.17) is 13.8 Å². The standard InChI is InChI=1S/C19H26N4O4/c1-12-17(13(2)27-21-12)10-23-5-3-16-14(9-23)11-25-18(16)7-19(24)20-8-15-4-6-26-22-15/h4,6,14,16,18H,3,5,7-11H2,1-2H3,(H,20,24)/t14-,16-,18+/m1/s1. The van der Waals surface area contributed by atoms with Crippen LogP contribution in [0.1, 0.15) is 35.6 Å². The van der Waals surface area contributed by atoms with E-state index in [0.717, 1.165) is 49.8 Å². The number of nitrogens with one attached hydrogen (secondary N) is 1. The average Bonchev–Trinajstić information content (AvgIpc) is 3.38. The maximum absolute atomic E-state index is 12.2. The third-order valence-electron chi connectivity index (χ3n) is 5.79. The lowest BCUT2D eigenvalue weighted by atomic mass is 9.83. The highest BCUT2D eigenvalue weighted by Crippen LogP contribution is 2.36. The summed E-state index contributed by atoms with van der Waals surface area (Å²) < 4.78 is 16.0. The van der Waals surface area contributed by atoms with Gasteiger partial charge in [-0.15, -0.1) is 0 Å². The lowest BCUT2D eigenvalue weighted by molar-refractivity contribution is -0.124. The van der Waals surface area contributed by atoms with Gasteiger partial charge in [-0.3, -0.25) is 9.69 Å². The van der Waals surface area contributed by atoms with E-state index >= 15 is 0 Å². The van der Waals surface area contributed by atoms with Crippen LogP contribution in [0.2, 0.25) is 0 Å². The number of piperidine rings is 1. The fourth-order valence-electron chi connectivity index (χ4n) is 4.24. The molecule has 4 rings (SSSR count). The second kappa shape index (κ2) is 7.82. The van der Waals surface area contributed by atoms with Crippen molar-refractivity contribution in [1.82, 2.24) is 20.5 Å². The van der Waals surface area contributed by atoms with Crippen molar-refractivity contribution in [2.45, 2.75) is 45.9 Å². The van der Waals surface area contributed by atoms with E-state index < -0.39 is 0 Å². The van der Waals surface area contributed by atoms with Gasteiger partial charge in [-0.25, -0.2) is 0 Å². The highest BCUT2D eigenvalue weighted by Gasteiger charge is 2.41. The zero-order valence-electron chi connectivity index (χ0n) is 15.8. The van der Waals surface area contributed by atoms with Crippen LogP contribution in [0.5, 0.6) is 0 Å². The largest absolute Gasteiger partial charge is 0.377 e. The summed E-state index contributed by atoms with van der Waals surface area (Å²) in [6.07, 6.45) is 2.97. The molecular weight excluding hydrogens is 348 g/mol. The Kier molecular flexibility index (Phi) is 5.27. The number of hydrogen-bond donors (Lipinski definition) is 1. The van der Waals surface area contributed by atoms with Gasteiger partial charge in [-0.2, -0.15) is 0 Å². The molecule has 146 valence electrons. The predicted molar refractivity (Wildman–Crippen MR) is 95.6 cm³/mol. The lowest BCUT2D eigenvalue weighted by Crippen LogP contribution is -2.42. The smallest absolute Gasteiger partial charge is 0.222 e. The number of fused-ring (bicyclic) bond motifs is 1. The summed E-state index contributed by atoms with van der Waals surface area (Å²) in [6.45, 7) is 7.94. The molecule has 0 aromatic carbocycles.